The lowest BCUT2D eigenvalue weighted by Gasteiger charge is -2.28. The summed E-state index contributed by atoms with van der Waals surface area (Å²) in [5.74, 6) is 0.812. The molecule has 5 nitrogen and oxygen atoms in total. The van der Waals surface area contributed by atoms with Crippen LogP contribution in [0.1, 0.15) is 64.7 Å². The van der Waals surface area contributed by atoms with Crippen LogP contribution in [0.15, 0.2) is 0 Å². The van der Waals surface area contributed by atoms with Crippen molar-refractivity contribution >= 4 is 24.3 Å². The van der Waals surface area contributed by atoms with Crippen LogP contribution in [-0.4, -0.2) is 36.6 Å². The molecule has 2 N–H and O–H groups in total. The molecule has 3 atom stereocenters. The predicted octanol–water partition coefficient (Wildman–Crippen LogP) is 2.57. The Bertz CT molecular complexity index is 424. The molecule has 3 aliphatic rings. The first-order valence-corrected chi connectivity index (χ1v) is 9.40. The molecule has 24 heavy (non-hydrogen) atoms. The molecule has 3 unspecified atom stereocenters. The van der Waals surface area contributed by atoms with E-state index < -0.39 is 0 Å². The monoisotopic (exact) mass is 358 g/mol. The third kappa shape index (κ3) is 4.63. The van der Waals surface area contributed by atoms with Crippen LogP contribution in [-0.2, 0) is 14.3 Å². The first kappa shape index (κ1) is 19.5. The van der Waals surface area contributed by atoms with Gasteiger partial charge >= 0.3 is 5.97 Å². The van der Waals surface area contributed by atoms with Gasteiger partial charge in [0.1, 0.15) is 0 Å². The fraction of sp³-hybridized carbons (Fsp3) is 0.889. The molecule has 3 rings (SSSR count). The molecule has 0 bridgehead atoms. The molecule has 6 heteroatoms. The first-order valence-electron chi connectivity index (χ1n) is 9.40. The summed E-state index contributed by atoms with van der Waals surface area (Å²) < 4.78 is 5.10. The molecule has 0 aromatic rings. The summed E-state index contributed by atoms with van der Waals surface area (Å²) in [5, 5.41) is 6.75. The van der Waals surface area contributed by atoms with E-state index in [-0.39, 0.29) is 42.3 Å². The summed E-state index contributed by atoms with van der Waals surface area (Å²) in [7, 11) is 0. The molecule has 0 aromatic carbocycles. The number of hydrogen-bond donors (Lipinski definition) is 2. The highest BCUT2D eigenvalue weighted by molar-refractivity contribution is 5.85. The number of nitrogens with one attached hydrogen (secondary N) is 2. The Hall–Kier alpha value is -0.810. The first-order chi connectivity index (χ1) is 11.2. The maximum atomic E-state index is 12.5. The van der Waals surface area contributed by atoms with Crippen LogP contribution < -0.4 is 10.6 Å². The Labute approximate surface area is 151 Å². The van der Waals surface area contributed by atoms with Gasteiger partial charge in [0.25, 0.3) is 0 Å². The quantitative estimate of drug-likeness (QED) is 0.758. The van der Waals surface area contributed by atoms with Gasteiger partial charge < -0.3 is 15.4 Å². The molecular formula is C18H31ClN2O3. The summed E-state index contributed by atoms with van der Waals surface area (Å²) in [4.78, 5) is 24.3. The molecular weight excluding hydrogens is 328 g/mol. The standard InChI is InChI=1S/C18H30N2O3.ClH/c1-2-23-18(22)12-7-9-14(10-8-12)19-17(21)16-11-13-5-3-4-6-15(13)20-16;/h12-16,20H,2-11H2,1H3,(H,19,21);1H. The third-order valence-corrected chi connectivity index (χ3v) is 5.87. The van der Waals surface area contributed by atoms with Crippen molar-refractivity contribution in [3.63, 3.8) is 0 Å². The molecule has 2 aliphatic carbocycles. The second kappa shape index (κ2) is 9.04. The minimum Gasteiger partial charge on any atom is -0.466 e. The van der Waals surface area contributed by atoms with Gasteiger partial charge in [-0.3, -0.25) is 9.59 Å². The van der Waals surface area contributed by atoms with E-state index in [9.17, 15) is 9.59 Å². The maximum absolute atomic E-state index is 12.5. The molecule has 2 saturated carbocycles. The van der Waals surface area contributed by atoms with Crippen LogP contribution in [0.2, 0.25) is 0 Å². The summed E-state index contributed by atoms with van der Waals surface area (Å²) in [6, 6.07) is 0.766. The lowest BCUT2D eigenvalue weighted by atomic mass is 9.84. The van der Waals surface area contributed by atoms with E-state index in [0.29, 0.717) is 18.6 Å². The van der Waals surface area contributed by atoms with Gasteiger partial charge in [-0.05, 0) is 57.8 Å². The second-order valence-corrected chi connectivity index (χ2v) is 7.42. The smallest absolute Gasteiger partial charge is 0.308 e. The third-order valence-electron chi connectivity index (χ3n) is 5.87. The Morgan fingerprint density at radius 3 is 2.46 bits per heavy atom. The van der Waals surface area contributed by atoms with Gasteiger partial charge in [0.2, 0.25) is 5.91 Å². The van der Waals surface area contributed by atoms with E-state index in [2.05, 4.69) is 10.6 Å². The van der Waals surface area contributed by atoms with E-state index in [0.717, 1.165) is 32.1 Å². The average Bonchev–Trinajstić information content (AvgIpc) is 3.00. The fourth-order valence-electron chi connectivity index (χ4n) is 4.56. The van der Waals surface area contributed by atoms with Crippen LogP contribution >= 0.6 is 12.4 Å². The van der Waals surface area contributed by atoms with Crippen molar-refractivity contribution in [2.75, 3.05) is 6.61 Å². The van der Waals surface area contributed by atoms with E-state index in [1.165, 1.54) is 25.7 Å². The lowest BCUT2D eigenvalue weighted by Crippen LogP contribution is -2.48. The van der Waals surface area contributed by atoms with Crippen molar-refractivity contribution in [2.24, 2.45) is 11.8 Å². The normalized spacial score (nSPS) is 35.5. The van der Waals surface area contributed by atoms with Gasteiger partial charge in [-0.15, -0.1) is 12.4 Å². The number of ether oxygens (including phenoxy) is 1. The van der Waals surface area contributed by atoms with Crippen molar-refractivity contribution in [2.45, 2.75) is 82.8 Å². The Kier molecular flexibility index (Phi) is 7.35. The van der Waals surface area contributed by atoms with Gasteiger partial charge in [-0.2, -0.15) is 0 Å². The largest absolute Gasteiger partial charge is 0.466 e. The van der Waals surface area contributed by atoms with Crippen LogP contribution in [0.5, 0.6) is 0 Å². The summed E-state index contributed by atoms with van der Waals surface area (Å²) in [6.45, 7) is 2.29. The van der Waals surface area contributed by atoms with Crippen LogP contribution in [0, 0.1) is 11.8 Å². The van der Waals surface area contributed by atoms with Crippen molar-refractivity contribution in [1.29, 1.82) is 0 Å². The highest BCUT2D eigenvalue weighted by Crippen LogP contribution is 2.33. The van der Waals surface area contributed by atoms with Crippen LogP contribution in [0.3, 0.4) is 0 Å². The van der Waals surface area contributed by atoms with Gasteiger partial charge in [0.15, 0.2) is 0 Å². The molecule has 0 aromatic heterocycles. The van der Waals surface area contributed by atoms with Crippen molar-refractivity contribution in [3.05, 3.63) is 0 Å². The molecule has 1 heterocycles. The molecule has 1 amide bonds. The second-order valence-electron chi connectivity index (χ2n) is 7.42. The van der Waals surface area contributed by atoms with Gasteiger partial charge in [0.05, 0.1) is 18.6 Å². The molecule has 1 aliphatic heterocycles. The minimum absolute atomic E-state index is 0. The summed E-state index contributed by atoms with van der Waals surface area (Å²) >= 11 is 0. The molecule has 3 fully saturated rings. The van der Waals surface area contributed by atoms with E-state index >= 15 is 0 Å². The minimum atomic E-state index is -0.0705. The number of carbonyl (C=O) groups excluding carboxylic acids is 2. The zero-order valence-electron chi connectivity index (χ0n) is 14.6. The molecule has 138 valence electrons. The molecule has 0 spiro atoms. The Morgan fingerprint density at radius 1 is 1.08 bits per heavy atom. The zero-order chi connectivity index (χ0) is 16.2. The number of amides is 1. The topological polar surface area (TPSA) is 67.4 Å². The van der Waals surface area contributed by atoms with Crippen LogP contribution in [0.25, 0.3) is 0 Å². The highest BCUT2D eigenvalue weighted by Gasteiger charge is 2.39. The van der Waals surface area contributed by atoms with E-state index in [1.807, 2.05) is 6.92 Å². The fourth-order valence-corrected chi connectivity index (χ4v) is 4.56. The number of hydrogen-bond acceptors (Lipinski definition) is 4. The maximum Gasteiger partial charge on any atom is 0.308 e. The lowest BCUT2D eigenvalue weighted by molar-refractivity contribution is -0.149. The van der Waals surface area contributed by atoms with E-state index in [1.54, 1.807) is 0 Å². The van der Waals surface area contributed by atoms with Gasteiger partial charge in [-0.25, -0.2) is 0 Å². The zero-order valence-corrected chi connectivity index (χ0v) is 15.4. The average molecular weight is 359 g/mol. The summed E-state index contributed by atoms with van der Waals surface area (Å²) in [5.41, 5.74) is 0. The van der Waals surface area contributed by atoms with Crippen LogP contribution in [0.4, 0.5) is 0 Å². The number of halogens is 1. The summed E-state index contributed by atoms with van der Waals surface area (Å²) in [6.07, 6.45) is 9.51. The van der Waals surface area contributed by atoms with Crippen molar-refractivity contribution < 1.29 is 14.3 Å². The Morgan fingerprint density at radius 2 is 1.79 bits per heavy atom. The van der Waals surface area contributed by atoms with Crippen molar-refractivity contribution in [3.8, 4) is 0 Å². The van der Waals surface area contributed by atoms with Crippen molar-refractivity contribution in [1.82, 2.24) is 10.6 Å². The number of rotatable bonds is 4. The number of esters is 1. The number of fused-ring (bicyclic) bond motifs is 1. The van der Waals surface area contributed by atoms with Gasteiger partial charge in [0, 0.05) is 12.1 Å². The highest BCUT2D eigenvalue weighted by atomic mass is 35.5. The SMILES string of the molecule is CCOC(=O)C1CCC(NC(=O)C2CC3CCCCC3N2)CC1.Cl. The molecule has 1 saturated heterocycles. The molecule has 0 radical (unpaired) electrons. The number of carbonyl (C=O) groups is 2. The van der Waals surface area contributed by atoms with E-state index in [4.69, 9.17) is 4.74 Å². The predicted molar refractivity (Wildman–Crippen MR) is 95.1 cm³/mol. The Balaban J connectivity index is 0.00000208. The van der Waals surface area contributed by atoms with Gasteiger partial charge in [-0.1, -0.05) is 12.8 Å².